The van der Waals surface area contributed by atoms with Crippen LogP contribution in [0, 0.1) is 34.6 Å². The molecule has 0 spiro atoms. The number of aryl methyl sites for hydroxylation is 3. The van der Waals surface area contributed by atoms with Crippen molar-refractivity contribution in [3.05, 3.63) is 56.6 Å². The summed E-state index contributed by atoms with van der Waals surface area (Å²) in [5.74, 6) is 0.859. The lowest BCUT2D eigenvalue weighted by Crippen LogP contribution is -2.56. The van der Waals surface area contributed by atoms with Crippen molar-refractivity contribution in [3.8, 4) is 5.75 Å². The molecule has 0 amide bonds. The van der Waals surface area contributed by atoms with Crippen LogP contribution < -0.4 is 10.4 Å². The molecule has 1 aromatic heterocycles. The second-order valence-electron chi connectivity index (χ2n) is 6.87. The molecule has 1 aliphatic rings. The van der Waals surface area contributed by atoms with Gasteiger partial charge >= 0.3 is 5.63 Å². The van der Waals surface area contributed by atoms with E-state index in [4.69, 9.17) is 9.15 Å². The Morgan fingerprint density at radius 1 is 1.00 bits per heavy atom. The molecule has 2 heterocycles. The van der Waals surface area contributed by atoms with Crippen molar-refractivity contribution >= 4 is 10.0 Å². The first-order valence-corrected chi connectivity index (χ1v) is 9.89. The first-order valence-electron chi connectivity index (χ1n) is 8.45. The van der Waals surface area contributed by atoms with E-state index in [9.17, 15) is 13.2 Å². The number of rotatable bonds is 4. The molecule has 1 fully saturated rings. The van der Waals surface area contributed by atoms with Crippen molar-refractivity contribution in [2.75, 3.05) is 13.1 Å². The van der Waals surface area contributed by atoms with Gasteiger partial charge in [0, 0.05) is 6.07 Å². The van der Waals surface area contributed by atoms with E-state index in [-0.39, 0.29) is 19.2 Å². The Morgan fingerprint density at radius 3 is 2.12 bits per heavy atom. The predicted molar refractivity (Wildman–Crippen MR) is 98.3 cm³/mol. The Morgan fingerprint density at radius 2 is 1.58 bits per heavy atom. The van der Waals surface area contributed by atoms with Gasteiger partial charge in [0.05, 0.1) is 24.1 Å². The highest BCUT2D eigenvalue weighted by atomic mass is 32.2. The molecule has 1 saturated heterocycles. The molecular weight excluding hydrogens is 354 g/mol. The fraction of sp³-hybridized carbons (Fsp3) is 0.421. The Kier molecular flexibility index (Phi) is 4.71. The van der Waals surface area contributed by atoms with E-state index < -0.39 is 15.6 Å². The second-order valence-corrected chi connectivity index (χ2v) is 8.75. The third kappa shape index (κ3) is 3.29. The minimum atomic E-state index is -3.58. The molecule has 0 radical (unpaired) electrons. The normalized spacial score (nSPS) is 15.7. The van der Waals surface area contributed by atoms with Crippen molar-refractivity contribution in [2.24, 2.45) is 0 Å². The summed E-state index contributed by atoms with van der Waals surface area (Å²) >= 11 is 0. The maximum atomic E-state index is 13.1. The lowest BCUT2D eigenvalue weighted by atomic mass is 10.0. The van der Waals surface area contributed by atoms with Crippen LogP contribution in [0.2, 0.25) is 0 Å². The number of hydrogen-bond donors (Lipinski definition) is 0. The summed E-state index contributed by atoms with van der Waals surface area (Å²) in [6.07, 6.45) is -0.280. The van der Waals surface area contributed by atoms with Gasteiger partial charge in [-0.3, -0.25) is 0 Å². The van der Waals surface area contributed by atoms with Crippen molar-refractivity contribution in [3.63, 3.8) is 0 Å². The lowest BCUT2D eigenvalue weighted by molar-refractivity contribution is 0.0753. The summed E-state index contributed by atoms with van der Waals surface area (Å²) in [6, 6.07) is 4.90. The van der Waals surface area contributed by atoms with Crippen molar-refractivity contribution in [2.45, 2.75) is 45.6 Å². The van der Waals surface area contributed by atoms with Crippen molar-refractivity contribution < 1.29 is 17.6 Å². The smallest absolute Gasteiger partial charge is 0.339 e. The summed E-state index contributed by atoms with van der Waals surface area (Å²) in [7, 11) is -3.58. The lowest BCUT2D eigenvalue weighted by Gasteiger charge is -2.38. The first-order chi connectivity index (χ1) is 12.1. The summed E-state index contributed by atoms with van der Waals surface area (Å²) in [4.78, 5) is 11.8. The van der Waals surface area contributed by atoms with E-state index in [1.807, 2.05) is 33.8 Å². The molecule has 140 valence electrons. The zero-order valence-electron chi connectivity index (χ0n) is 15.6. The quantitative estimate of drug-likeness (QED) is 0.819. The van der Waals surface area contributed by atoms with Crippen LogP contribution in [0.3, 0.4) is 0 Å². The largest absolute Gasteiger partial charge is 0.487 e. The van der Waals surface area contributed by atoms with Crippen LogP contribution in [-0.2, 0) is 10.0 Å². The average Bonchev–Trinajstić information content (AvgIpc) is 2.47. The highest BCUT2D eigenvalue weighted by Crippen LogP contribution is 2.31. The highest BCUT2D eigenvalue weighted by Gasteiger charge is 2.40. The van der Waals surface area contributed by atoms with Gasteiger partial charge in [-0.2, -0.15) is 4.31 Å². The van der Waals surface area contributed by atoms with E-state index in [2.05, 4.69) is 0 Å². The van der Waals surface area contributed by atoms with E-state index in [0.717, 1.165) is 22.3 Å². The Labute approximate surface area is 153 Å². The van der Waals surface area contributed by atoms with E-state index in [0.29, 0.717) is 16.4 Å². The van der Waals surface area contributed by atoms with Crippen LogP contribution in [0.25, 0.3) is 0 Å². The molecule has 0 unspecified atom stereocenters. The number of benzene rings is 1. The van der Waals surface area contributed by atoms with Gasteiger partial charge in [-0.05, 0) is 56.9 Å². The molecular formula is C19H23NO5S. The Hall–Kier alpha value is -2.12. The standard InChI is InChI=1S/C19H23NO5S/c1-11-6-12(2)15(5)19(14(11)4)26(22,23)20-9-17(10-20)25-16-7-13(3)24-18(21)8-16/h6-8,17H,9-10H2,1-5H3. The fourth-order valence-corrected chi connectivity index (χ4v) is 5.28. The molecule has 2 aromatic rings. The predicted octanol–water partition coefficient (Wildman–Crippen LogP) is 2.63. The molecule has 3 rings (SSSR count). The number of sulfonamides is 1. The molecule has 1 aliphatic heterocycles. The minimum absolute atomic E-state index is 0.257. The van der Waals surface area contributed by atoms with E-state index in [1.165, 1.54) is 10.4 Å². The van der Waals surface area contributed by atoms with Crippen LogP contribution in [0.1, 0.15) is 28.0 Å². The fourth-order valence-electron chi connectivity index (χ4n) is 3.20. The molecule has 6 nitrogen and oxygen atoms in total. The van der Waals surface area contributed by atoms with Gasteiger partial charge in [-0.15, -0.1) is 0 Å². The van der Waals surface area contributed by atoms with Crippen LogP contribution in [-0.4, -0.2) is 31.9 Å². The van der Waals surface area contributed by atoms with Crippen molar-refractivity contribution in [1.29, 1.82) is 0 Å². The molecule has 0 bridgehead atoms. The Balaban J connectivity index is 1.79. The maximum Gasteiger partial charge on any atom is 0.339 e. The first kappa shape index (κ1) is 18.7. The topological polar surface area (TPSA) is 76.8 Å². The molecule has 7 heteroatoms. The Bertz CT molecular complexity index is 991. The van der Waals surface area contributed by atoms with Crippen molar-refractivity contribution in [1.82, 2.24) is 4.31 Å². The third-order valence-corrected chi connectivity index (χ3v) is 6.99. The molecule has 0 aliphatic carbocycles. The highest BCUT2D eigenvalue weighted by molar-refractivity contribution is 7.89. The summed E-state index contributed by atoms with van der Waals surface area (Å²) in [6.45, 7) is 9.71. The maximum absolute atomic E-state index is 13.1. The van der Waals surface area contributed by atoms with Crippen LogP contribution in [0.4, 0.5) is 0 Å². The van der Waals surface area contributed by atoms with Crippen LogP contribution in [0.15, 0.2) is 32.3 Å². The SMILES string of the molecule is Cc1cc(OC2CN(S(=O)(=O)c3c(C)c(C)cc(C)c3C)C2)cc(=O)o1. The van der Waals surface area contributed by atoms with Crippen LogP contribution >= 0.6 is 0 Å². The number of nitrogens with zero attached hydrogens (tertiary/aromatic N) is 1. The van der Waals surface area contributed by atoms with Gasteiger partial charge in [0.2, 0.25) is 10.0 Å². The zero-order valence-corrected chi connectivity index (χ0v) is 16.4. The molecule has 0 saturated carbocycles. The third-order valence-electron chi connectivity index (χ3n) is 4.88. The molecule has 0 atom stereocenters. The van der Waals surface area contributed by atoms with Gasteiger partial charge in [-0.1, -0.05) is 6.07 Å². The summed E-state index contributed by atoms with van der Waals surface area (Å²) in [5, 5.41) is 0. The number of ether oxygens (including phenoxy) is 1. The molecule has 0 N–H and O–H groups in total. The van der Waals surface area contributed by atoms with Gasteiger partial charge in [0.1, 0.15) is 17.6 Å². The second kappa shape index (κ2) is 6.55. The monoisotopic (exact) mass is 377 g/mol. The zero-order chi connectivity index (χ0) is 19.2. The summed E-state index contributed by atoms with van der Waals surface area (Å²) in [5.41, 5.74) is 3.02. The van der Waals surface area contributed by atoms with Gasteiger partial charge in [0.25, 0.3) is 0 Å². The van der Waals surface area contributed by atoms with E-state index >= 15 is 0 Å². The van der Waals surface area contributed by atoms with Gasteiger partial charge < -0.3 is 9.15 Å². The minimum Gasteiger partial charge on any atom is -0.487 e. The number of hydrogen-bond acceptors (Lipinski definition) is 5. The van der Waals surface area contributed by atoms with Crippen LogP contribution in [0.5, 0.6) is 5.75 Å². The van der Waals surface area contributed by atoms with Gasteiger partial charge in [-0.25, -0.2) is 13.2 Å². The average molecular weight is 377 g/mol. The van der Waals surface area contributed by atoms with E-state index in [1.54, 1.807) is 13.0 Å². The molecule has 26 heavy (non-hydrogen) atoms. The summed E-state index contributed by atoms with van der Waals surface area (Å²) < 4.78 is 38.2. The van der Waals surface area contributed by atoms with Gasteiger partial charge in [0.15, 0.2) is 0 Å². The molecule has 1 aromatic carbocycles.